The number of hydrogen-bond donors (Lipinski definition) is 1. The molecule has 0 atom stereocenters. The molecule has 41 heavy (non-hydrogen) atoms. The van der Waals surface area contributed by atoms with Crippen molar-refractivity contribution < 1.29 is 9.53 Å². The number of piperidine rings is 1. The maximum atomic E-state index is 12.0. The van der Waals surface area contributed by atoms with Crippen LogP contribution in [0.15, 0.2) is 67.4 Å². The number of rotatable bonds is 7. The smallest absolute Gasteiger partial charge is 0.245 e. The fourth-order valence-corrected chi connectivity index (χ4v) is 5.75. The van der Waals surface area contributed by atoms with Crippen molar-refractivity contribution in [3.8, 4) is 17.1 Å². The first-order valence-corrected chi connectivity index (χ1v) is 14.2. The molecule has 4 aromatic rings. The van der Waals surface area contributed by atoms with Gasteiger partial charge >= 0.3 is 0 Å². The number of nitrogen functional groups attached to an aromatic ring is 1. The molecule has 0 aliphatic carbocycles. The van der Waals surface area contributed by atoms with Gasteiger partial charge in [-0.05, 0) is 60.9 Å². The Bertz CT molecular complexity index is 1540. The number of nitrogens with zero attached hydrogens (tertiary/aromatic N) is 7. The van der Waals surface area contributed by atoms with Gasteiger partial charge in [0.1, 0.15) is 17.2 Å². The van der Waals surface area contributed by atoms with E-state index in [1.165, 1.54) is 11.6 Å². The molecule has 0 spiro atoms. The number of carbonyl (C=O) groups is 1. The molecule has 3 aromatic heterocycles. The maximum Gasteiger partial charge on any atom is 0.245 e. The molecule has 1 amide bonds. The summed E-state index contributed by atoms with van der Waals surface area (Å²) in [6, 6.07) is 16.7. The number of pyridine rings is 2. The highest BCUT2D eigenvalue weighted by Gasteiger charge is 2.25. The van der Waals surface area contributed by atoms with Gasteiger partial charge in [-0.15, -0.1) is 0 Å². The first-order chi connectivity index (χ1) is 20.0. The van der Waals surface area contributed by atoms with Gasteiger partial charge in [-0.1, -0.05) is 18.7 Å². The average molecular weight is 553 g/mol. The molecule has 2 aliphatic rings. The lowest BCUT2D eigenvalue weighted by atomic mass is 10.0. The van der Waals surface area contributed by atoms with Gasteiger partial charge in [-0.2, -0.15) is 0 Å². The third-order valence-electron chi connectivity index (χ3n) is 8.13. The number of likely N-dealkylation sites (N-methyl/N-ethyl adjacent to an activating group) is 1. The minimum absolute atomic E-state index is 0.00923. The Morgan fingerprint density at radius 1 is 1.07 bits per heavy atom. The van der Waals surface area contributed by atoms with Gasteiger partial charge in [0.05, 0.1) is 18.8 Å². The van der Waals surface area contributed by atoms with Crippen LogP contribution in [0.1, 0.15) is 18.4 Å². The highest BCUT2D eigenvalue weighted by atomic mass is 16.5. The zero-order chi connectivity index (χ0) is 28.3. The predicted molar refractivity (Wildman–Crippen MR) is 161 cm³/mol. The van der Waals surface area contributed by atoms with Crippen molar-refractivity contribution in [1.29, 1.82) is 0 Å². The number of hydrogen-bond acceptors (Lipinski definition) is 8. The molecule has 0 bridgehead atoms. The molecule has 5 heterocycles. The molecule has 2 N–H and O–H groups in total. The van der Waals surface area contributed by atoms with Crippen LogP contribution in [0.2, 0.25) is 0 Å². The number of anilines is 2. The van der Waals surface area contributed by atoms with E-state index in [9.17, 15) is 4.79 Å². The van der Waals surface area contributed by atoms with E-state index >= 15 is 0 Å². The number of aromatic nitrogens is 4. The molecule has 2 aliphatic heterocycles. The minimum atomic E-state index is -0.00923. The number of fused-ring (bicyclic) bond motifs is 1. The van der Waals surface area contributed by atoms with Gasteiger partial charge in [-0.3, -0.25) is 14.3 Å². The molecule has 1 aromatic carbocycles. The first-order valence-electron chi connectivity index (χ1n) is 14.2. The normalized spacial score (nSPS) is 16.7. The number of nitrogens with two attached hydrogens (primary N) is 1. The monoisotopic (exact) mass is 552 g/mol. The highest BCUT2D eigenvalue weighted by Crippen LogP contribution is 2.31. The van der Waals surface area contributed by atoms with Crippen molar-refractivity contribution in [3.05, 3.63) is 72.9 Å². The highest BCUT2D eigenvalue weighted by molar-refractivity contribution is 5.87. The summed E-state index contributed by atoms with van der Waals surface area (Å²) in [4.78, 5) is 32.8. The SMILES string of the molecule is C=CC(=O)N(C)C1CCN(Cc2ccc(-n3c(-c4cccnc4N)nc4ccc(N5CCOCC5)nc43)cc2)CC1. The molecule has 6 rings (SSSR count). The van der Waals surface area contributed by atoms with Crippen LogP contribution in [0.4, 0.5) is 11.6 Å². The molecule has 212 valence electrons. The van der Waals surface area contributed by atoms with Crippen molar-refractivity contribution in [2.24, 2.45) is 0 Å². The van der Waals surface area contributed by atoms with Gasteiger partial charge in [0.2, 0.25) is 5.91 Å². The minimum Gasteiger partial charge on any atom is -0.383 e. The quantitative estimate of drug-likeness (QED) is 0.347. The Balaban J connectivity index is 1.28. The Morgan fingerprint density at radius 3 is 2.54 bits per heavy atom. The number of likely N-dealkylation sites (tertiary alicyclic amines) is 1. The van der Waals surface area contributed by atoms with Crippen molar-refractivity contribution in [2.45, 2.75) is 25.4 Å². The van der Waals surface area contributed by atoms with Crippen LogP contribution in [0, 0.1) is 0 Å². The van der Waals surface area contributed by atoms with Crippen LogP contribution >= 0.6 is 0 Å². The lowest BCUT2D eigenvalue weighted by Gasteiger charge is -2.36. The van der Waals surface area contributed by atoms with Crippen LogP contribution in [-0.2, 0) is 16.1 Å². The second-order valence-electron chi connectivity index (χ2n) is 10.6. The molecule has 2 saturated heterocycles. The fraction of sp³-hybridized carbons (Fsp3) is 0.355. The van der Waals surface area contributed by atoms with E-state index in [2.05, 4.69) is 50.2 Å². The number of ether oxygens (including phenoxy) is 1. The predicted octanol–water partition coefficient (Wildman–Crippen LogP) is 3.51. The van der Waals surface area contributed by atoms with Crippen LogP contribution < -0.4 is 10.6 Å². The summed E-state index contributed by atoms with van der Waals surface area (Å²) in [7, 11) is 1.87. The second kappa shape index (κ2) is 11.7. The summed E-state index contributed by atoms with van der Waals surface area (Å²) in [5.41, 5.74) is 10.9. The Labute approximate surface area is 240 Å². The summed E-state index contributed by atoms with van der Waals surface area (Å²) in [5, 5.41) is 0. The van der Waals surface area contributed by atoms with E-state index in [4.69, 9.17) is 20.4 Å². The molecular formula is C31H36N8O2. The largest absolute Gasteiger partial charge is 0.383 e. The van der Waals surface area contributed by atoms with Crippen LogP contribution in [-0.4, -0.2) is 87.7 Å². The zero-order valence-electron chi connectivity index (χ0n) is 23.4. The fourth-order valence-electron chi connectivity index (χ4n) is 5.75. The molecule has 0 saturated carbocycles. The number of imidazole rings is 1. The van der Waals surface area contributed by atoms with Crippen LogP contribution in [0.25, 0.3) is 28.2 Å². The molecular weight excluding hydrogens is 516 g/mol. The molecule has 2 fully saturated rings. The number of morpholine rings is 1. The Kier molecular flexibility index (Phi) is 7.67. The van der Waals surface area contributed by atoms with Crippen LogP contribution in [0.5, 0.6) is 0 Å². The second-order valence-corrected chi connectivity index (χ2v) is 10.6. The standard InChI is InChI=1S/C31H36N8O2/c1-3-28(40)36(2)23-12-15-37(16-13-23)21-22-6-8-24(9-7-22)39-30(25-5-4-14-33-29(25)32)34-26-10-11-27(35-31(26)39)38-17-19-41-20-18-38/h3-11,14,23H,1,12-13,15-21H2,2H3,(H2,32,33). The third-order valence-corrected chi connectivity index (χ3v) is 8.13. The van der Waals surface area contributed by atoms with Crippen LogP contribution in [0.3, 0.4) is 0 Å². The van der Waals surface area contributed by atoms with E-state index in [1.54, 1.807) is 6.20 Å². The van der Waals surface area contributed by atoms with E-state index in [1.807, 2.05) is 36.2 Å². The summed E-state index contributed by atoms with van der Waals surface area (Å²) in [5.74, 6) is 2.04. The topological polar surface area (TPSA) is 106 Å². The van der Waals surface area contributed by atoms with Crippen molar-refractivity contribution >= 4 is 28.7 Å². The molecule has 10 heteroatoms. The van der Waals surface area contributed by atoms with Gasteiger partial charge in [0.25, 0.3) is 0 Å². The summed E-state index contributed by atoms with van der Waals surface area (Å²) in [6.45, 7) is 9.38. The van der Waals surface area contributed by atoms with Gasteiger partial charge in [0, 0.05) is 57.7 Å². The van der Waals surface area contributed by atoms with E-state index in [-0.39, 0.29) is 11.9 Å². The molecule has 0 unspecified atom stereocenters. The zero-order valence-corrected chi connectivity index (χ0v) is 23.4. The third kappa shape index (κ3) is 5.53. The average Bonchev–Trinajstić information content (AvgIpc) is 3.40. The lowest BCUT2D eigenvalue weighted by Crippen LogP contribution is -2.44. The maximum absolute atomic E-state index is 12.0. The lowest BCUT2D eigenvalue weighted by molar-refractivity contribution is -0.127. The number of amides is 1. The summed E-state index contributed by atoms with van der Waals surface area (Å²) < 4.78 is 7.62. The van der Waals surface area contributed by atoms with Gasteiger partial charge in [0.15, 0.2) is 11.5 Å². The van der Waals surface area contributed by atoms with Crippen molar-refractivity contribution in [1.82, 2.24) is 29.3 Å². The molecule has 0 radical (unpaired) electrons. The molecule has 10 nitrogen and oxygen atoms in total. The number of carbonyl (C=O) groups excluding carboxylic acids is 1. The van der Waals surface area contributed by atoms with Gasteiger partial charge in [-0.25, -0.2) is 15.0 Å². The Morgan fingerprint density at radius 2 is 1.83 bits per heavy atom. The summed E-state index contributed by atoms with van der Waals surface area (Å²) >= 11 is 0. The van der Waals surface area contributed by atoms with E-state index in [0.717, 1.165) is 73.8 Å². The Hall–Kier alpha value is -4.28. The van der Waals surface area contributed by atoms with Crippen molar-refractivity contribution in [2.75, 3.05) is 57.1 Å². The van der Waals surface area contributed by atoms with E-state index < -0.39 is 0 Å². The number of benzene rings is 1. The van der Waals surface area contributed by atoms with E-state index in [0.29, 0.717) is 24.9 Å². The summed E-state index contributed by atoms with van der Waals surface area (Å²) in [6.07, 6.45) is 5.00. The van der Waals surface area contributed by atoms with Crippen molar-refractivity contribution in [3.63, 3.8) is 0 Å². The first kappa shape index (κ1) is 26.9. The van der Waals surface area contributed by atoms with Gasteiger partial charge < -0.3 is 20.3 Å².